The first kappa shape index (κ1) is 17.0. The number of rotatable bonds is 4. The molecule has 2 aromatic rings. The summed E-state index contributed by atoms with van der Waals surface area (Å²) in [5.74, 6) is 0.371. The van der Waals surface area contributed by atoms with Crippen LogP contribution < -0.4 is 4.74 Å². The Bertz CT molecular complexity index is 760. The normalized spacial score (nSPS) is 21.3. The maximum atomic E-state index is 13.0. The predicted molar refractivity (Wildman–Crippen MR) is 93.3 cm³/mol. The van der Waals surface area contributed by atoms with Crippen molar-refractivity contribution < 1.29 is 18.7 Å². The zero-order valence-electron chi connectivity index (χ0n) is 14.4. The summed E-state index contributed by atoms with van der Waals surface area (Å²) in [5, 5.41) is 0. The molecule has 1 aromatic heterocycles. The lowest BCUT2D eigenvalue weighted by molar-refractivity contribution is -0.193. The molecule has 0 bridgehead atoms. The van der Waals surface area contributed by atoms with Crippen molar-refractivity contribution in [1.82, 2.24) is 9.88 Å². The zero-order valence-corrected chi connectivity index (χ0v) is 14.4. The number of nitrogens with zero attached hydrogens (tertiary/aromatic N) is 2. The van der Waals surface area contributed by atoms with Crippen LogP contribution in [0.4, 0.5) is 4.39 Å². The van der Waals surface area contributed by atoms with Gasteiger partial charge in [-0.2, -0.15) is 0 Å². The highest BCUT2D eigenvalue weighted by Gasteiger charge is 2.49. The third-order valence-electron chi connectivity index (χ3n) is 4.95. The number of aromatic nitrogens is 1. The van der Waals surface area contributed by atoms with Crippen LogP contribution >= 0.6 is 0 Å². The molecule has 2 aliphatic heterocycles. The van der Waals surface area contributed by atoms with E-state index in [9.17, 15) is 9.18 Å². The van der Waals surface area contributed by atoms with Crippen LogP contribution in [0.2, 0.25) is 0 Å². The van der Waals surface area contributed by atoms with E-state index in [2.05, 4.69) is 4.98 Å². The van der Waals surface area contributed by atoms with Gasteiger partial charge in [0.05, 0.1) is 26.1 Å². The van der Waals surface area contributed by atoms with Crippen LogP contribution in [0.5, 0.6) is 5.88 Å². The number of ether oxygens (including phenoxy) is 2. The Labute approximate surface area is 151 Å². The smallest absolute Gasteiger partial charge is 0.227 e. The fourth-order valence-electron chi connectivity index (χ4n) is 3.61. The minimum Gasteiger partial charge on any atom is -0.474 e. The lowest BCUT2D eigenvalue weighted by atomic mass is 9.84. The standard InChI is InChI=1S/C20H21FN2O3/c21-16-6-4-15(5-7-16)11-19(24)23-13-20(14-23)12-17(8-10-25-20)26-18-3-1-2-9-22-18/h1-7,9,17H,8,10-14H2/t17-/m1/s1. The first-order chi connectivity index (χ1) is 12.6. The Morgan fingerprint density at radius 2 is 2.08 bits per heavy atom. The average molecular weight is 356 g/mol. The van der Waals surface area contributed by atoms with Gasteiger partial charge in [-0.25, -0.2) is 9.37 Å². The Morgan fingerprint density at radius 1 is 1.27 bits per heavy atom. The van der Waals surface area contributed by atoms with Crippen LogP contribution in [-0.4, -0.2) is 47.2 Å². The fourth-order valence-corrected chi connectivity index (χ4v) is 3.61. The minimum absolute atomic E-state index is 0.0404. The molecule has 0 aliphatic carbocycles. The number of hydrogen-bond donors (Lipinski definition) is 0. The highest BCUT2D eigenvalue weighted by molar-refractivity contribution is 5.80. The predicted octanol–water partition coefficient (Wildman–Crippen LogP) is 2.60. The molecule has 1 amide bonds. The SMILES string of the molecule is O=C(Cc1ccc(F)cc1)N1CC2(C[C@H](Oc3ccccn3)CCO2)C1. The van der Waals surface area contributed by atoms with Crippen LogP contribution in [0.3, 0.4) is 0 Å². The molecule has 2 saturated heterocycles. The molecule has 26 heavy (non-hydrogen) atoms. The van der Waals surface area contributed by atoms with Crippen molar-refractivity contribution in [2.24, 2.45) is 0 Å². The zero-order chi connectivity index (χ0) is 18.0. The van der Waals surface area contributed by atoms with Crippen molar-refractivity contribution in [3.8, 4) is 5.88 Å². The van der Waals surface area contributed by atoms with Crippen molar-refractivity contribution in [2.75, 3.05) is 19.7 Å². The third-order valence-corrected chi connectivity index (χ3v) is 4.95. The van der Waals surface area contributed by atoms with E-state index in [0.717, 1.165) is 18.4 Å². The number of amides is 1. The van der Waals surface area contributed by atoms with E-state index >= 15 is 0 Å². The first-order valence-electron chi connectivity index (χ1n) is 8.86. The quantitative estimate of drug-likeness (QED) is 0.845. The maximum Gasteiger partial charge on any atom is 0.227 e. The molecule has 136 valence electrons. The van der Waals surface area contributed by atoms with E-state index in [1.54, 1.807) is 23.2 Å². The maximum absolute atomic E-state index is 13.0. The van der Waals surface area contributed by atoms with Gasteiger partial charge < -0.3 is 14.4 Å². The van der Waals surface area contributed by atoms with Gasteiger partial charge >= 0.3 is 0 Å². The van der Waals surface area contributed by atoms with E-state index in [1.807, 2.05) is 18.2 Å². The summed E-state index contributed by atoms with van der Waals surface area (Å²) < 4.78 is 24.9. The molecular weight excluding hydrogens is 335 g/mol. The number of hydrogen-bond acceptors (Lipinski definition) is 4. The molecule has 0 N–H and O–H groups in total. The van der Waals surface area contributed by atoms with Crippen LogP contribution in [0.25, 0.3) is 0 Å². The molecule has 5 nitrogen and oxygen atoms in total. The Hall–Kier alpha value is -2.47. The summed E-state index contributed by atoms with van der Waals surface area (Å²) in [6.07, 6.45) is 3.62. The average Bonchev–Trinajstić information content (AvgIpc) is 2.62. The number of pyridine rings is 1. The molecule has 2 fully saturated rings. The highest BCUT2D eigenvalue weighted by Crippen LogP contribution is 2.35. The summed E-state index contributed by atoms with van der Waals surface area (Å²) in [6, 6.07) is 11.7. The van der Waals surface area contributed by atoms with Crippen LogP contribution in [0.1, 0.15) is 18.4 Å². The number of likely N-dealkylation sites (tertiary alicyclic amines) is 1. The molecule has 1 atom stereocenters. The second-order valence-corrected chi connectivity index (χ2v) is 6.99. The lowest BCUT2D eigenvalue weighted by Gasteiger charge is -2.52. The number of benzene rings is 1. The second kappa shape index (κ2) is 7.03. The van der Waals surface area contributed by atoms with Gasteiger partial charge in [0, 0.05) is 25.1 Å². The molecule has 6 heteroatoms. The summed E-state index contributed by atoms with van der Waals surface area (Å²) in [4.78, 5) is 18.4. The highest BCUT2D eigenvalue weighted by atomic mass is 19.1. The van der Waals surface area contributed by atoms with E-state index < -0.39 is 0 Å². The summed E-state index contributed by atoms with van der Waals surface area (Å²) >= 11 is 0. The molecule has 0 radical (unpaired) electrons. The van der Waals surface area contributed by atoms with Crippen molar-refractivity contribution in [3.05, 3.63) is 60.0 Å². The Balaban J connectivity index is 1.31. The van der Waals surface area contributed by atoms with E-state index in [4.69, 9.17) is 9.47 Å². The molecule has 4 rings (SSSR count). The largest absolute Gasteiger partial charge is 0.474 e. The van der Waals surface area contributed by atoms with Crippen molar-refractivity contribution in [3.63, 3.8) is 0 Å². The van der Waals surface area contributed by atoms with Crippen molar-refractivity contribution >= 4 is 5.91 Å². The van der Waals surface area contributed by atoms with Gasteiger partial charge in [-0.3, -0.25) is 4.79 Å². The number of halogens is 1. The fraction of sp³-hybridized carbons (Fsp3) is 0.400. The van der Waals surface area contributed by atoms with E-state index in [-0.39, 0.29) is 29.9 Å². The Morgan fingerprint density at radius 3 is 2.81 bits per heavy atom. The molecule has 0 unspecified atom stereocenters. The molecule has 3 heterocycles. The Kier molecular flexibility index (Phi) is 4.59. The number of carbonyl (C=O) groups excluding carboxylic acids is 1. The van der Waals surface area contributed by atoms with E-state index in [0.29, 0.717) is 25.6 Å². The monoisotopic (exact) mass is 356 g/mol. The number of carbonyl (C=O) groups is 1. The summed E-state index contributed by atoms with van der Waals surface area (Å²) in [6.45, 7) is 1.78. The van der Waals surface area contributed by atoms with Crippen molar-refractivity contribution in [2.45, 2.75) is 31.0 Å². The molecular formula is C20H21FN2O3. The van der Waals surface area contributed by atoms with E-state index in [1.165, 1.54) is 12.1 Å². The van der Waals surface area contributed by atoms with Gasteiger partial charge in [0.1, 0.15) is 17.5 Å². The van der Waals surface area contributed by atoms with Gasteiger partial charge in [-0.1, -0.05) is 18.2 Å². The second-order valence-electron chi connectivity index (χ2n) is 6.99. The van der Waals surface area contributed by atoms with Crippen LogP contribution in [-0.2, 0) is 16.0 Å². The third kappa shape index (κ3) is 3.70. The van der Waals surface area contributed by atoms with Crippen LogP contribution in [0, 0.1) is 5.82 Å². The van der Waals surface area contributed by atoms with Gasteiger partial charge in [-0.05, 0) is 23.8 Å². The minimum atomic E-state index is -0.309. The van der Waals surface area contributed by atoms with Gasteiger partial charge in [-0.15, -0.1) is 0 Å². The topological polar surface area (TPSA) is 51.7 Å². The van der Waals surface area contributed by atoms with Gasteiger partial charge in [0.25, 0.3) is 0 Å². The molecule has 1 spiro atoms. The molecule has 1 aromatic carbocycles. The molecule has 2 aliphatic rings. The first-order valence-corrected chi connectivity index (χ1v) is 8.86. The van der Waals surface area contributed by atoms with Gasteiger partial charge in [0.2, 0.25) is 11.8 Å². The lowest BCUT2D eigenvalue weighted by Crippen LogP contribution is -2.67. The summed E-state index contributed by atoms with van der Waals surface area (Å²) in [5.41, 5.74) is 0.508. The summed E-state index contributed by atoms with van der Waals surface area (Å²) in [7, 11) is 0. The van der Waals surface area contributed by atoms with Crippen LogP contribution in [0.15, 0.2) is 48.7 Å². The molecule has 0 saturated carbocycles. The van der Waals surface area contributed by atoms with Gasteiger partial charge in [0.15, 0.2) is 0 Å². The van der Waals surface area contributed by atoms with Crippen molar-refractivity contribution in [1.29, 1.82) is 0 Å².